The summed E-state index contributed by atoms with van der Waals surface area (Å²) in [5, 5.41) is 0.931. The number of nitrogens with zero attached hydrogens (tertiary/aromatic N) is 2. The van der Waals surface area contributed by atoms with Gasteiger partial charge in [0, 0.05) is 71.0 Å². The molecule has 0 bridgehead atoms. The molecule has 3 aliphatic rings. The van der Waals surface area contributed by atoms with Gasteiger partial charge in [-0.2, -0.15) is 0 Å². The maximum Gasteiger partial charge on any atom is 0.195 e. The Kier molecular flexibility index (Phi) is 5.59. The summed E-state index contributed by atoms with van der Waals surface area (Å²) in [4.78, 5) is 22.5. The Morgan fingerprint density at radius 1 is 1.08 bits per heavy atom. The lowest BCUT2D eigenvalue weighted by molar-refractivity contribution is 0.0115. The minimum Gasteiger partial charge on any atom is -0.399 e. The van der Waals surface area contributed by atoms with E-state index in [-0.39, 0.29) is 11.2 Å². The molecule has 2 saturated heterocycles. The first-order valence-corrected chi connectivity index (χ1v) is 13.0. The van der Waals surface area contributed by atoms with Crippen molar-refractivity contribution >= 4 is 28.1 Å². The lowest BCUT2D eigenvalue weighted by atomic mass is 9.70. The summed E-state index contributed by atoms with van der Waals surface area (Å²) in [5.41, 5.74) is 12.9. The lowest BCUT2D eigenvalue weighted by Crippen LogP contribution is -2.49. The molecule has 0 atom stereocenters. The van der Waals surface area contributed by atoms with Crippen LogP contribution in [0.25, 0.3) is 10.9 Å². The normalized spacial score (nSPS) is 20.1. The highest BCUT2D eigenvalue weighted by Crippen LogP contribution is 2.46. The fourth-order valence-corrected chi connectivity index (χ4v) is 6.39. The minimum absolute atomic E-state index is 0.0621. The fourth-order valence-electron chi connectivity index (χ4n) is 6.39. The number of piperidine rings is 1. The van der Waals surface area contributed by atoms with E-state index in [2.05, 4.69) is 46.5 Å². The number of carbonyl (C=O) groups is 1. The number of nitrogens with one attached hydrogen (secondary N) is 1. The average Bonchev–Trinajstić information content (AvgIpc) is 3.28. The van der Waals surface area contributed by atoms with Crippen molar-refractivity contribution in [2.45, 2.75) is 45.1 Å². The van der Waals surface area contributed by atoms with E-state index < -0.39 is 0 Å². The van der Waals surface area contributed by atoms with Crippen LogP contribution in [0.2, 0.25) is 0 Å². The molecule has 1 aromatic heterocycles. The maximum absolute atomic E-state index is 13.9. The van der Waals surface area contributed by atoms with Gasteiger partial charge in [0.2, 0.25) is 0 Å². The topological polar surface area (TPSA) is 74.6 Å². The molecule has 186 valence electrons. The molecule has 2 fully saturated rings. The van der Waals surface area contributed by atoms with Gasteiger partial charge in [0.25, 0.3) is 0 Å². The van der Waals surface area contributed by atoms with Gasteiger partial charge in [0.15, 0.2) is 5.78 Å². The van der Waals surface area contributed by atoms with E-state index in [1.54, 1.807) is 0 Å². The van der Waals surface area contributed by atoms with Crippen LogP contribution >= 0.6 is 0 Å². The third-order valence-electron chi connectivity index (χ3n) is 8.36. The van der Waals surface area contributed by atoms with Gasteiger partial charge >= 0.3 is 0 Å². The predicted molar refractivity (Wildman–Crippen MR) is 145 cm³/mol. The van der Waals surface area contributed by atoms with Gasteiger partial charge < -0.3 is 20.4 Å². The second-order valence-corrected chi connectivity index (χ2v) is 10.8. The van der Waals surface area contributed by atoms with Crippen LogP contribution in [0.4, 0.5) is 11.4 Å². The molecule has 0 radical (unpaired) electrons. The fraction of sp³-hybridized carbons (Fsp3) is 0.433. The molecule has 6 nitrogen and oxygen atoms in total. The van der Waals surface area contributed by atoms with Crippen molar-refractivity contribution in [1.82, 2.24) is 9.88 Å². The Morgan fingerprint density at radius 2 is 1.83 bits per heavy atom. The highest BCUT2D eigenvalue weighted by Gasteiger charge is 2.40. The van der Waals surface area contributed by atoms with Gasteiger partial charge in [-0.25, -0.2) is 0 Å². The molecular weight excluding hydrogens is 448 g/mol. The lowest BCUT2D eigenvalue weighted by Gasteiger charge is -2.41. The first-order chi connectivity index (χ1) is 17.4. The number of nitrogen functional groups attached to an aromatic ring is 1. The predicted octanol–water partition coefficient (Wildman–Crippen LogP) is 4.29. The molecule has 0 amide bonds. The standard InChI is InChI=1S/C30H34N4O2/c1-4-5-19-16-23-24(18-26(19)34-10-8-21(9-11-34)33-12-14-36-15-13-33)30(2,3)29-27(28(23)35)22-7-6-20(31)17-25(22)32-29/h6-7,16-18,21,32H,8-15,31H2,1-3H3. The molecule has 0 unspecified atom stereocenters. The number of benzene rings is 2. The molecular formula is C30H34N4O2. The molecule has 2 aliphatic heterocycles. The van der Waals surface area contributed by atoms with Gasteiger partial charge in [0.05, 0.1) is 24.5 Å². The number of H-pyrrole nitrogens is 1. The van der Waals surface area contributed by atoms with Gasteiger partial charge in [0.1, 0.15) is 0 Å². The monoisotopic (exact) mass is 482 g/mol. The summed E-state index contributed by atoms with van der Waals surface area (Å²) in [6.45, 7) is 12.0. The highest BCUT2D eigenvalue weighted by molar-refractivity contribution is 6.20. The van der Waals surface area contributed by atoms with Crippen molar-refractivity contribution < 1.29 is 9.53 Å². The van der Waals surface area contributed by atoms with Gasteiger partial charge in [-0.3, -0.25) is 9.69 Å². The van der Waals surface area contributed by atoms with E-state index in [0.717, 1.165) is 96.8 Å². The smallest absolute Gasteiger partial charge is 0.195 e. The van der Waals surface area contributed by atoms with E-state index in [4.69, 9.17) is 10.5 Å². The molecule has 6 rings (SSSR count). The summed E-state index contributed by atoms with van der Waals surface area (Å²) in [7, 11) is 0. The Hall–Kier alpha value is -3.27. The zero-order valence-electron chi connectivity index (χ0n) is 21.4. The first-order valence-electron chi connectivity index (χ1n) is 13.0. The summed E-state index contributed by atoms with van der Waals surface area (Å²) in [5.74, 6) is 6.46. The van der Waals surface area contributed by atoms with Gasteiger partial charge in [-0.05, 0) is 49.6 Å². The van der Waals surface area contributed by atoms with E-state index in [9.17, 15) is 4.79 Å². The second-order valence-electron chi connectivity index (χ2n) is 10.8. The summed E-state index contributed by atoms with van der Waals surface area (Å²) in [6.07, 6.45) is 2.26. The number of carbonyl (C=O) groups excluding carboxylic acids is 1. The van der Waals surface area contributed by atoms with Crippen molar-refractivity contribution in [3.8, 4) is 11.8 Å². The zero-order chi connectivity index (χ0) is 25.0. The Morgan fingerprint density at radius 3 is 2.56 bits per heavy atom. The number of ether oxygens (including phenoxy) is 1. The van der Waals surface area contributed by atoms with Crippen LogP contribution in [0.1, 0.15) is 66.4 Å². The van der Waals surface area contributed by atoms with E-state index in [0.29, 0.717) is 11.7 Å². The number of rotatable bonds is 2. The molecule has 0 saturated carbocycles. The van der Waals surface area contributed by atoms with E-state index in [1.807, 2.05) is 31.2 Å². The summed E-state index contributed by atoms with van der Waals surface area (Å²) >= 11 is 0. The molecule has 0 spiro atoms. The number of morpholine rings is 1. The molecule has 1 aliphatic carbocycles. The molecule has 3 heterocycles. The third-order valence-corrected chi connectivity index (χ3v) is 8.36. The van der Waals surface area contributed by atoms with Crippen molar-refractivity contribution in [3.05, 3.63) is 58.3 Å². The Labute approximate surface area is 212 Å². The van der Waals surface area contributed by atoms with E-state index in [1.165, 1.54) is 0 Å². The number of anilines is 2. The molecule has 3 N–H and O–H groups in total. The van der Waals surface area contributed by atoms with Crippen molar-refractivity contribution in [2.24, 2.45) is 0 Å². The molecule has 2 aromatic carbocycles. The van der Waals surface area contributed by atoms with Crippen molar-refractivity contribution in [2.75, 3.05) is 50.0 Å². The highest BCUT2D eigenvalue weighted by atomic mass is 16.5. The number of fused-ring (bicyclic) bond motifs is 4. The Bertz CT molecular complexity index is 1410. The minimum atomic E-state index is -0.356. The van der Waals surface area contributed by atoms with Crippen molar-refractivity contribution in [3.63, 3.8) is 0 Å². The second kappa shape index (κ2) is 8.69. The zero-order valence-corrected chi connectivity index (χ0v) is 21.4. The van der Waals surface area contributed by atoms with Crippen LogP contribution in [-0.2, 0) is 10.2 Å². The summed E-state index contributed by atoms with van der Waals surface area (Å²) < 4.78 is 5.55. The molecule has 3 aromatic rings. The number of nitrogens with two attached hydrogens (primary N) is 1. The quantitative estimate of drug-likeness (QED) is 0.421. The largest absolute Gasteiger partial charge is 0.399 e. The van der Waals surface area contributed by atoms with Crippen LogP contribution in [0, 0.1) is 11.8 Å². The van der Waals surface area contributed by atoms with Gasteiger partial charge in [-0.15, -0.1) is 5.92 Å². The number of hydrogen-bond donors (Lipinski definition) is 2. The molecule has 6 heteroatoms. The molecule has 36 heavy (non-hydrogen) atoms. The summed E-state index contributed by atoms with van der Waals surface area (Å²) in [6, 6.07) is 10.6. The number of aromatic amines is 1. The SMILES string of the molecule is CC#Cc1cc2c(cc1N1CCC(N3CCOCC3)CC1)C(C)(C)c1[nH]c3cc(N)ccc3c1C2=O. The van der Waals surface area contributed by atoms with Crippen molar-refractivity contribution in [1.29, 1.82) is 0 Å². The first kappa shape index (κ1) is 23.1. The Balaban J connectivity index is 1.39. The third kappa shape index (κ3) is 3.61. The number of ketones is 1. The maximum atomic E-state index is 13.9. The number of hydrogen-bond acceptors (Lipinski definition) is 5. The van der Waals surface area contributed by atoms with Gasteiger partial charge in [-0.1, -0.05) is 25.8 Å². The van der Waals surface area contributed by atoms with Crippen LogP contribution in [-0.4, -0.2) is 61.1 Å². The average molecular weight is 483 g/mol. The van der Waals surface area contributed by atoms with Crippen LogP contribution < -0.4 is 10.6 Å². The number of aromatic nitrogens is 1. The van der Waals surface area contributed by atoms with E-state index >= 15 is 0 Å². The van der Waals surface area contributed by atoms with Crippen LogP contribution in [0.15, 0.2) is 30.3 Å². The van der Waals surface area contributed by atoms with Crippen LogP contribution in [0.5, 0.6) is 0 Å². The van der Waals surface area contributed by atoms with Crippen LogP contribution in [0.3, 0.4) is 0 Å².